The van der Waals surface area contributed by atoms with Gasteiger partial charge in [-0.2, -0.15) is 0 Å². The summed E-state index contributed by atoms with van der Waals surface area (Å²) < 4.78 is 0. The molecule has 3 nitrogen and oxygen atoms in total. The molecule has 1 amide bonds. The normalized spacial score (nSPS) is 17.7. The molecule has 110 valence electrons. The minimum atomic E-state index is -0.263. The number of benzene rings is 1. The summed E-state index contributed by atoms with van der Waals surface area (Å²) in [5.41, 5.74) is 0.297. The van der Waals surface area contributed by atoms with Gasteiger partial charge in [0.05, 0.1) is 10.6 Å². The summed E-state index contributed by atoms with van der Waals surface area (Å²) in [6.45, 7) is 0.557. The molecule has 1 fully saturated rings. The molecule has 2 N–H and O–H groups in total. The SMILES string of the molecule is O=C(NCC1(CCl)CCCCC1)c1cc(O)ccc1Cl. The second-order valence-corrected chi connectivity index (χ2v) is 6.22. The number of alkyl halides is 1. The molecule has 20 heavy (non-hydrogen) atoms. The average molecular weight is 316 g/mol. The Kier molecular flexibility index (Phi) is 5.17. The third-order valence-electron chi connectivity index (χ3n) is 4.02. The van der Waals surface area contributed by atoms with Crippen LogP contribution >= 0.6 is 23.2 Å². The fourth-order valence-corrected chi connectivity index (χ4v) is 3.27. The first-order valence-electron chi connectivity index (χ1n) is 6.89. The van der Waals surface area contributed by atoms with E-state index in [0.717, 1.165) is 25.7 Å². The van der Waals surface area contributed by atoms with Crippen molar-refractivity contribution >= 4 is 29.1 Å². The highest BCUT2D eigenvalue weighted by Crippen LogP contribution is 2.36. The van der Waals surface area contributed by atoms with Gasteiger partial charge in [-0.05, 0) is 31.0 Å². The number of nitrogens with one attached hydrogen (secondary N) is 1. The quantitative estimate of drug-likeness (QED) is 0.826. The maximum atomic E-state index is 12.2. The van der Waals surface area contributed by atoms with E-state index in [9.17, 15) is 9.90 Å². The zero-order chi connectivity index (χ0) is 14.6. The molecule has 0 radical (unpaired) electrons. The lowest BCUT2D eigenvalue weighted by Crippen LogP contribution is -2.40. The van der Waals surface area contributed by atoms with Gasteiger partial charge in [0.1, 0.15) is 5.75 Å². The number of halogens is 2. The Balaban J connectivity index is 2.02. The second-order valence-electron chi connectivity index (χ2n) is 5.54. The minimum absolute atomic E-state index is 0.00122. The lowest BCUT2D eigenvalue weighted by molar-refractivity contribution is 0.0920. The zero-order valence-electron chi connectivity index (χ0n) is 11.3. The van der Waals surface area contributed by atoms with Gasteiger partial charge >= 0.3 is 0 Å². The van der Waals surface area contributed by atoms with Gasteiger partial charge in [0.25, 0.3) is 5.91 Å². The fourth-order valence-electron chi connectivity index (χ4n) is 2.71. The number of carbonyl (C=O) groups excluding carboxylic acids is 1. The van der Waals surface area contributed by atoms with E-state index in [1.54, 1.807) is 0 Å². The number of carbonyl (C=O) groups is 1. The Hall–Kier alpha value is -0.930. The number of hydrogen-bond donors (Lipinski definition) is 2. The van der Waals surface area contributed by atoms with Gasteiger partial charge in [0.2, 0.25) is 0 Å². The van der Waals surface area contributed by atoms with Gasteiger partial charge in [0, 0.05) is 17.8 Å². The van der Waals surface area contributed by atoms with Gasteiger partial charge in [-0.1, -0.05) is 30.9 Å². The van der Waals surface area contributed by atoms with Crippen LogP contribution in [0.15, 0.2) is 18.2 Å². The first kappa shape index (κ1) is 15.5. The Morgan fingerprint density at radius 3 is 2.65 bits per heavy atom. The van der Waals surface area contributed by atoms with Gasteiger partial charge in [-0.3, -0.25) is 4.79 Å². The molecule has 1 aliphatic rings. The van der Waals surface area contributed by atoms with Crippen molar-refractivity contribution in [2.45, 2.75) is 32.1 Å². The Labute approximate surface area is 129 Å². The number of rotatable bonds is 4. The molecule has 2 rings (SSSR count). The average Bonchev–Trinajstić information content (AvgIpc) is 2.48. The monoisotopic (exact) mass is 315 g/mol. The lowest BCUT2D eigenvalue weighted by atomic mass is 9.75. The fraction of sp³-hybridized carbons (Fsp3) is 0.533. The molecule has 0 unspecified atom stereocenters. The summed E-state index contributed by atoms with van der Waals surface area (Å²) in [4.78, 5) is 12.2. The Morgan fingerprint density at radius 2 is 2.00 bits per heavy atom. The molecular weight excluding hydrogens is 297 g/mol. The standard InChI is InChI=1S/C15H19Cl2NO2/c16-9-15(6-2-1-3-7-15)10-18-14(20)12-8-11(19)4-5-13(12)17/h4-5,8,19H,1-3,6-7,9-10H2,(H,18,20). The topological polar surface area (TPSA) is 49.3 Å². The lowest BCUT2D eigenvalue weighted by Gasteiger charge is -2.35. The van der Waals surface area contributed by atoms with Gasteiger partial charge < -0.3 is 10.4 Å². The predicted octanol–water partition coefficient (Wildman–Crippen LogP) is 3.96. The van der Waals surface area contributed by atoms with Gasteiger partial charge in [-0.25, -0.2) is 0 Å². The van der Waals surface area contributed by atoms with Crippen molar-refractivity contribution in [2.75, 3.05) is 12.4 Å². The summed E-state index contributed by atoms with van der Waals surface area (Å²) in [5.74, 6) is 0.325. The number of amides is 1. The van der Waals surface area contributed by atoms with Gasteiger partial charge in [0.15, 0.2) is 0 Å². The maximum absolute atomic E-state index is 12.2. The first-order valence-corrected chi connectivity index (χ1v) is 7.80. The Bertz CT molecular complexity index is 485. The van der Waals surface area contributed by atoms with Crippen molar-refractivity contribution in [2.24, 2.45) is 5.41 Å². The van der Waals surface area contributed by atoms with Crippen LogP contribution in [-0.2, 0) is 0 Å². The molecule has 0 atom stereocenters. The molecule has 1 aromatic carbocycles. The molecule has 0 heterocycles. The van der Waals surface area contributed by atoms with Crippen molar-refractivity contribution in [1.82, 2.24) is 5.32 Å². The largest absolute Gasteiger partial charge is 0.508 e. The van der Waals surface area contributed by atoms with Crippen LogP contribution in [0, 0.1) is 5.41 Å². The molecule has 0 aliphatic heterocycles. The summed E-state index contributed by atoms with van der Waals surface area (Å²) in [5, 5.41) is 12.7. The van der Waals surface area contributed by atoms with E-state index < -0.39 is 0 Å². The van der Waals surface area contributed by atoms with Crippen molar-refractivity contribution < 1.29 is 9.90 Å². The van der Waals surface area contributed by atoms with E-state index in [-0.39, 0.29) is 17.1 Å². The molecule has 1 saturated carbocycles. The highest BCUT2D eigenvalue weighted by Gasteiger charge is 2.31. The van der Waals surface area contributed by atoms with E-state index in [1.807, 2.05) is 0 Å². The molecular formula is C15H19Cl2NO2. The van der Waals surface area contributed by atoms with Crippen molar-refractivity contribution in [3.8, 4) is 5.75 Å². The van der Waals surface area contributed by atoms with Crippen LogP contribution in [0.1, 0.15) is 42.5 Å². The van der Waals surface area contributed by atoms with Crippen molar-refractivity contribution in [1.29, 1.82) is 0 Å². The van der Waals surface area contributed by atoms with Crippen molar-refractivity contribution in [3.05, 3.63) is 28.8 Å². The molecule has 1 aromatic rings. The second kappa shape index (κ2) is 6.68. The third kappa shape index (κ3) is 3.58. The number of phenols is 1. The van der Waals surface area contributed by atoms with E-state index in [2.05, 4.69) is 5.32 Å². The third-order valence-corrected chi connectivity index (χ3v) is 4.91. The smallest absolute Gasteiger partial charge is 0.252 e. The predicted molar refractivity (Wildman–Crippen MR) is 81.7 cm³/mol. The van der Waals surface area contributed by atoms with Crippen LogP contribution in [0.2, 0.25) is 5.02 Å². The van der Waals surface area contributed by atoms with E-state index in [4.69, 9.17) is 23.2 Å². The molecule has 0 bridgehead atoms. The molecule has 0 saturated heterocycles. The van der Waals surface area contributed by atoms with Crippen LogP contribution < -0.4 is 5.32 Å². The maximum Gasteiger partial charge on any atom is 0.252 e. The molecule has 0 spiro atoms. The van der Waals surface area contributed by atoms with Crippen LogP contribution in [-0.4, -0.2) is 23.4 Å². The number of aromatic hydroxyl groups is 1. The van der Waals surface area contributed by atoms with Crippen LogP contribution in [0.3, 0.4) is 0 Å². The van der Waals surface area contributed by atoms with E-state index >= 15 is 0 Å². The minimum Gasteiger partial charge on any atom is -0.508 e. The zero-order valence-corrected chi connectivity index (χ0v) is 12.8. The highest BCUT2D eigenvalue weighted by atomic mass is 35.5. The van der Waals surface area contributed by atoms with Crippen LogP contribution in [0.25, 0.3) is 0 Å². The Morgan fingerprint density at radius 1 is 1.30 bits per heavy atom. The van der Waals surface area contributed by atoms with Crippen molar-refractivity contribution in [3.63, 3.8) is 0 Å². The summed E-state index contributed by atoms with van der Waals surface area (Å²) in [6, 6.07) is 4.36. The van der Waals surface area contributed by atoms with E-state index in [1.165, 1.54) is 24.6 Å². The van der Waals surface area contributed by atoms with Crippen LogP contribution in [0.4, 0.5) is 0 Å². The number of hydrogen-bond acceptors (Lipinski definition) is 2. The summed E-state index contributed by atoms with van der Waals surface area (Å²) >= 11 is 12.1. The summed E-state index contributed by atoms with van der Waals surface area (Å²) in [7, 11) is 0. The molecule has 1 aliphatic carbocycles. The molecule has 0 aromatic heterocycles. The van der Waals surface area contributed by atoms with Gasteiger partial charge in [-0.15, -0.1) is 11.6 Å². The summed E-state index contributed by atoms with van der Waals surface area (Å²) in [6.07, 6.45) is 5.66. The highest BCUT2D eigenvalue weighted by molar-refractivity contribution is 6.33. The molecule has 5 heteroatoms. The van der Waals surface area contributed by atoms with Crippen LogP contribution in [0.5, 0.6) is 5.75 Å². The van der Waals surface area contributed by atoms with E-state index in [0.29, 0.717) is 23.0 Å². The first-order chi connectivity index (χ1) is 9.56. The number of phenolic OH excluding ortho intramolecular Hbond substituents is 1.